The lowest BCUT2D eigenvalue weighted by atomic mass is 10.3. The van der Waals surface area contributed by atoms with Crippen molar-refractivity contribution in [1.82, 2.24) is 0 Å². The fourth-order valence-corrected chi connectivity index (χ4v) is 0.558. The Labute approximate surface area is 85.1 Å². The largest absolute Gasteiger partial charge is 0.402 e. The predicted octanol–water partition coefficient (Wildman–Crippen LogP) is 1.19. The Bertz CT molecular complexity index is 59.9. The minimum absolute atomic E-state index is 0.568. The maximum absolute atomic E-state index is 5.14. The van der Waals surface area contributed by atoms with E-state index in [1.807, 2.05) is 0 Å². The van der Waals surface area contributed by atoms with Gasteiger partial charge in [-0.1, -0.05) is 32.6 Å². The molecule has 1 aliphatic rings. The third kappa shape index (κ3) is 47.5. The second-order valence-electron chi connectivity index (χ2n) is 2.90. The lowest BCUT2D eigenvalue weighted by Crippen LogP contribution is -1.95. The first kappa shape index (κ1) is 15.6. The summed E-state index contributed by atoms with van der Waals surface area (Å²) in [5, 5.41) is 0. The van der Waals surface area contributed by atoms with Gasteiger partial charge in [0.15, 0.2) is 0 Å². The summed E-state index contributed by atoms with van der Waals surface area (Å²) in [5.74, 6) is 0. The van der Waals surface area contributed by atoms with Crippen LogP contribution in [0.3, 0.4) is 0 Å². The number of nitrogens with two attached hydrogens (primary N) is 1. The average Bonchev–Trinajstić information content (AvgIpc) is 2.94. The van der Waals surface area contributed by atoms with Gasteiger partial charge in [0.25, 0.3) is 0 Å². The van der Waals surface area contributed by atoms with E-state index in [4.69, 9.17) is 5.73 Å². The van der Waals surface area contributed by atoms with Crippen LogP contribution in [-0.2, 0) is 8.85 Å². The van der Waals surface area contributed by atoms with Crippen LogP contribution < -0.4 is 5.73 Å². The lowest BCUT2D eigenvalue weighted by Gasteiger charge is -1.86. The van der Waals surface area contributed by atoms with Crippen molar-refractivity contribution in [2.45, 2.75) is 39.0 Å². The Morgan fingerprint density at radius 1 is 1.15 bits per heavy atom. The Morgan fingerprint density at radius 3 is 1.62 bits per heavy atom. The lowest BCUT2D eigenvalue weighted by molar-refractivity contribution is 0.309. The Hall–Kier alpha value is 0.0969. The molecule has 0 spiro atoms. The molecule has 0 atom stereocenters. The van der Waals surface area contributed by atoms with Gasteiger partial charge in [-0.25, -0.2) is 0 Å². The van der Waals surface area contributed by atoms with Crippen LogP contribution in [0.2, 0.25) is 0 Å². The third-order valence-electron chi connectivity index (χ3n) is 1.15. The van der Waals surface area contributed by atoms with Crippen molar-refractivity contribution in [2.75, 3.05) is 20.8 Å². The van der Waals surface area contributed by atoms with E-state index in [1.165, 1.54) is 32.1 Å². The molecular weight excluding hydrogens is 182 g/mol. The van der Waals surface area contributed by atoms with Crippen LogP contribution in [0, 0.1) is 0 Å². The second-order valence-corrected chi connectivity index (χ2v) is 4.29. The highest BCUT2D eigenvalue weighted by atomic mass is 28.3. The minimum Gasteiger partial charge on any atom is -0.402 e. The molecule has 13 heavy (non-hydrogen) atoms. The molecule has 4 heteroatoms. The second kappa shape index (κ2) is 18.0. The molecule has 0 aromatic carbocycles. The molecule has 0 bridgehead atoms. The number of hydrogen-bond acceptors (Lipinski definition) is 3. The Kier molecular flexibility index (Phi) is 21.6. The van der Waals surface area contributed by atoms with Crippen molar-refractivity contribution in [2.24, 2.45) is 5.73 Å². The van der Waals surface area contributed by atoms with Gasteiger partial charge in [0, 0.05) is 14.2 Å². The molecule has 1 aliphatic carbocycles. The van der Waals surface area contributed by atoms with Crippen molar-refractivity contribution in [3.63, 3.8) is 0 Å². The normalized spacial score (nSPS) is 12.0. The smallest absolute Gasteiger partial charge is 0.303 e. The molecule has 2 N–H and O–H groups in total. The van der Waals surface area contributed by atoms with E-state index < -0.39 is 10.0 Å². The molecule has 3 nitrogen and oxygen atoms in total. The summed E-state index contributed by atoms with van der Waals surface area (Å²) in [7, 11) is 2.73. The molecule has 0 heterocycles. The highest BCUT2D eigenvalue weighted by Crippen LogP contribution is 2.14. The predicted molar refractivity (Wildman–Crippen MR) is 60.4 cm³/mol. The summed E-state index contributed by atoms with van der Waals surface area (Å²) in [4.78, 5) is 0. The Morgan fingerprint density at radius 2 is 1.62 bits per heavy atom. The van der Waals surface area contributed by atoms with Crippen LogP contribution >= 0.6 is 0 Å². The van der Waals surface area contributed by atoms with E-state index in [-0.39, 0.29) is 0 Å². The molecule has 0 unspecified atom stereocenters. The molecule has 1 rings (SSSR count). The molecule has 0 radical (unpaired) electrons. The van der Waals surface area contributed by atoms with Gasteiger partial charge < -0.3 is 14.6 Å². The molecule has 1 saturated carbocycles. The van der Waals surface area contributed by atoms with Crippen LogP contribution in [0.1, 0.15) is 39.0 Å². The number of hydrogen-bond donors (Lipinski definition) is 1. The fourth-order valence-electron chi connectivity index (χ4n) is 0.322. The van der Waals surface area contributed by atoms with Crippen molar-refractivity contribution >= 4 is 10.0 Å². The van der Waals surface area contributed by atoms with Crippen LogP contribution in [0.25, 0.3) is 0 Å². The van der Waals surface area contributed by atoms with E-state index in [0.29, 0.717) is 0 Å². The topological polar surface area (TPSA) is 44.5 Å². The molecule has 0 aliphatic heterocycles. The van der Waals surface area contributed by atoms with Gasteiger partial charge in [0.1, 0.15) is 0 Å². The minimum atomic E-state index is -0.568. The Balaban J connectivity index is 0. The quantitative estimate of drug-likeness (QED) is 0.704. The molecule has 0 saturated heterocycles. The van der Waals surface area contributed by atoms with Gasteiger partial charge in [0.2, 0.25) is 0 Å². The number of unbranched alkanes of at least 4 members (excludes halogenated alkanes) is 1. The summed E-state index contributed by atoms with van der Waals surface area (Å²) in [5.41, 5.74) is 5.14. The van der Waals surface area contributed by atoms with Gasteiger partial charge in [-0.2, -0.15) is 0 Å². The van der Waals surface area contributed by atoms with Gasteiger partial charge in [0.05, 0.1) is 0 Å². The first-order chi connectivity index (χ1) is 6.33. The molecule has 0 aromatic rings. The van der Waals surface area contributed by atoms with E-state index in [1.54, 1.807) is 14.2 Å². The highest BCUT2D eigenvalue weighted by molar-refractivity contribution is 6.17. The fraction of sp³-hybridized carbons (Fsp3) is 1.00. The summed E-state index contributed by atoms with van der Waals surface area (Å²) >= 11 is 0. The summed E-state index contributed by atoms with van der Waals surface area (Å²) in [6.07, 6.45) is 6.89. The average molecular weight is 207 g/mol. The molecule has 0 aromatic heterocycles. The summed E-state index contributed by atoms with van der Waals surface area (Å²) < 4.78 is 9.22. The van der Waals surface area contributed by atoms with E-state index in [0.717, 1.165) is 6.54 Å². The zero-order valence-corrected chi connectivity index (χ0v) is 10.8. The molecule has 82 valence electrons. The van der Waals surface area contributed by atoms with Gasteiger partial charge in [-0.05, 0) is 13.0 Å². The summed E-state index contributed by atoms with van der Waals surface area (Å²) in [6, 6.07) is 0. The summed E-state index contributed by atoms with van der Waals surface area (Å²) in [6.45, 7) is 2.98. The maximum atomic E-state index is 5.14. The molecule has 0 amide bonds. The van der Waals surface area contributed by atoms with E-state index >= 15 is 0 Å². The maximum Gasteiger partial charge on any atom is 0.303 e. The van der Waals surface area contributed by atoms with Crippen molar-refractivity contribution in [3.05, 3.63) is 0 Å². The monoisotopic (exact) mass is 207 g/mol. The number of rotatable bonds is 4. The molecular formula is C9H25NO2Si. The first-order valence-corrected chi connectivity index (χ1v) is 6.16. The standard InChI is InChI=1S/C4H11N.C3H6.C2H8O2Si/c1-2-3-4-5;1-2-3-1;1-3-5-4-2/h2-5H2,1H3;1-3H2;5H2,1-2H3. The van der Waals surface area contributed by atoms with E-state index in [2.05, 4.69) is 15.8 Å². The van der Waals surface area contributed by atoms with Gasteiger partial charge >= 0.3 is 10.0 Å². The van der Waals surface area contributed by atoms with Crippen molar-refractivity contribution < 1.29 is 8.85 Å². The van der Waals surface area contributed by atoms with E-state index in [9.17, 15) is 0 Å². The zero-order chi connectivity index (χ0) is 10.4. The van der Waals surface area contributed by atoms with Crippen LogP contribution in [0.4, 0.5) is 0 Å². The SMILES string of the molecule is C1CC1.CCCCN.CO[SiH2]OC. The molecule has 1 fully saturated rings. The highest BCUT2D eigenvalue weighted by Gasteiger charge is 1.95. The van der Waals surface area contributed by atoms with Crippen molar-refractivity contribution in [3.8, 4) is 0 Å². The van der Waals surface area contributed by atoms with Crippen LogP contribution in [0.15, 0.2) is 0 Å². The first-order valence-electron chi connectivity index (χ1n) is 5.01. The van der Waals surface area contributed by atoms with Crippen LogP contribution in [0.5, 0.6) is 0 Å². The van der Waals surface area contributed by atoms with Crippen molar-refractivity contribution in [1.29, 1.82) is 0 Å². The van der Waals surface area contributed by atoms with Gasteiger partial charge in [-0.15, -0.1) is 0 Å². The zero-order valence-electron chi connectivity index (χ0n) is 9.34. The van der Waals surface area contributed by atoms with Gasteiger partial charge in [-0.3, -0.25) is 0 Å². The van der Waals surface area contributed by atoms with Crippen LogP contribution in [-0.4, -0.2) is 30.8 Å². The third-order valence-corrected chi connectivity index (χ3v) is 1.62.